The van der Waals surface area contributed by atoms with Crippen molar-refractivity contribution >= 4 is 0 Å². The first kappa shape index (κ1) is 26.2. The normalized spacial score (nSPS) is 11.4. The van der Waals surface area contributed by atoms with Crippen LogP contribution in [0.3, 0.4) is 0 Å². The van der Waals surface area contributed by atoms with Gasteiger partial charge in [-0.3, -0.25) is 0 Å². The van der Waals surface area contributed by atoms with Crippen LogP contribution in [0.15, 0.2) is 12.4 Å². The van der Waals surface area contributed by atoms with Crippen LogP contribution in [0.25, 0.3) is 0 Å². The van der Waals surface area contributed by atoms with Gasteiger partial charge >= 0.3 is 0 Å². The molecular weight excluding hydrogens is 352 g/mol. The van der Waals surface area contributed by atoms with Crippen LogP contribution in [0.1, 0.15) is 142 Å². The summed E-state index contributed by atoms with van der Waals surface area (Å²) in [6, 6.07) is 0. The summed E-state index contributed by atoms with van der Waals surface area (Å²) in [6.07, 6.45) is 31.3. The van der Waals surface area contributed by atoms with Crippen LogP contribution in [0.5, 0.6) is 0 Å². The predicted molar refractivity (Wildman–Crippen MR) is 128 cm³/mol. The second kappa shape index (κ2) is 19.2. The molecular formula is C27H53N2+. The molecule has 2 nitrogen and oxygen atoms in total. The maximum atomic E-state index is 2.52. The van der Waals surface area contributed by atoms with Gasteiger partial charge in [-0.25, -0.2) is 9.13 Å². The number of aromatic nitrogens is 2. The summed E-state index contributed by atoms with van der Waals surface area (Å²) in [6.45, 7) is 9.25. The molecule has 0 unspecified atom stereocenters. The lowest BCUT2D eigenvalue weighted by atomic mass is 10.0. The zero-order chi connectivity index (χ0) is 21.0. The van der Waals surface area contributed by atoms with E-state index in [9.17, 15) is 0 Å². The zero-order valence-electron chi connectivity index (χ0n) is 20.4. The van der Waals surface area contributed by atoms with E-state index >= 15 is 0 Å². The molecule has 1 aromatic rings. The number of aryl methyl sites for hydroxylation is 2. The van der Waals surface area contributed by atoms with Crippen molar-refractivity contribution in [3.8, 4) is 0 Å². The molecule has 2 heteroatoms. The van der Waals surface area contributed by atoms with E-state index in [1.807, 2.05) is 0 Å². The fourth-order valence-electron chi connectivity index (χ4n) is 4.42. The first-order valence-corrected chi connectivity index (χ1v) is 13.4. The Labute approximate surface area is 183 Å². The second-order valence-electron chi connectivity index (χ2n) is 9.15. The summed E-state index contributed by atoms with van der Waals surface area (Å²) in [5, 5.41) is 0. The largest absolute Gasteiger partial charge is 0.256 e. The van der Waals surface area contributed by atoms with Gasteiger partial charge in [-0.05, 0) is 19.3 Å². The standard InChI is InChI=1S/C27H53N2/c1-4-7-9-10-11-12-13-14-15-16-17-18-19-20-21-22-27-28(23-6-3)25-26-29(27)24-8-5-2/h25-26H,4-24H2,1-3H3/q+1. The first-order chi connectivity index (χ1) is 14.3. The highest BCUT2D eigenvalue weighted by molar-refractivity contribution is 4.84. The highest BCUT2D eigenvalue weighted by Crippen LogP contribution is 2.14. The molecule has 0 aliphatic carbocycles. The molecule has 1 aromatic heterocycles. The molecule has 0 atom stereocenters. The van der Waals surface area contributed by atoms with Crippen molar-refractivity contribution in [2.45, 2.75) is 156 Å². The molecule has 0 amide bonds. The Morgan fingerprint density at radius 3 is 1.55 bits per heavy atom. The third-order valence-corrected chi connectivity index (χ3v) is 6.31. The Morgan fingerprint density at radius 2 is 1.07 bits per heavy atom. The minimum atomic E-state index is 1.17. The van der Waals surface area contributed by atoms with E-state index < -0.39 is 0 Å². The van der Waals surface area contributed by atoms with Crippen molar-refractivity contribution in [3.05, 3.63) is 18.2 Å². The third kappa shape index (κ3) is 13.2. The van der Waals surface area contributed by atoms with Gasteiger partial charge in [0, 0.05) is 6.42 Å². The van der Waals surface area contributed by atoms with Gasteiger partial charge in [0.1, 0.15) is 12.4 Å². The molecule has 0 aliphatic rings. The molecule has 1 rings (SSSR count). The van der Waals surface area contributed by atoms with E-state index in [-0.39, 0.29) is 0 Å². The molecule has 0 saturated carbocycles. The zero-order valence-corrected chi connectivity index (χ0v) is 20.4. The molecule has 0 radical (unpaired) electrons. The summed E-state index contributed by atoms with van der Waals surface area (Å²) >= 11 is 0. The summed E-state index contributed by atoms with van der Waals surface area (Å²) in [5.41, 5.74) is 0. The van der Waals surface area contributed by atoms with Gasteiger partial charge in [-0.15, -0.1) is 0 Å². The van der Waals surface area contributed by atoms with Crippen molar-refractivity contribution < 1.29 is 4.57 Å². The molecule has 0 saturated heterocycles. The van der Waals surface area contributed by atoms with Crippen LogP contribution in [-0.4, -0.2) is 4.57 Å². The molecule has 0 aliphatic heterocycles. The van der Waals surface area contributed by atoms with Crippen LogP contribution in [0, 0.1) is 0 Å². The lowest BCUT2D eigenvalue weighted by Crippen LogP contribution is -2.37. The predicted octanol–water partition coefficient (Wildman–Crippen LogP) is 8.40. The summed E-state index contributed by atoms with van der Waals surface area (Å²) < 4.78 is 5.02. The average molecular weight is 406 g/mol. The van der Waals surface area contributed by atoms with E-state index in [4.69, 9.17) is 0 Å². The Bertz CT molecular complexity index is 463. The van der Waals surface area contributed by atoms with Gasteiger partial charge in [-0.1, -0.05) is 117 Å². The fraction of sp³-hybridized carbons (Fsp3) is 0.889. The van der Waals surface area contributed by atoms with Gasteiger partial charge in [0.2, 0.25) is 0 Å². The highest BCUT2D eigenvalue weighted by atomic mass is 15.1. The summed E-state index contributed by atoms with van der Waals surface area (Å²) in [7, 11) is 0. The van der Waals surface area contributed by atoms with Gasteiger partial charge in [-0.2, -0.15) is 0 Å². The van der Waals surface area contributed by atoms with Gasteiger partial charge in [0.05, 0.1) is 13.1 Å². The number of imidazole rings is 1. The number of nitrogens with zero attached hydrogens (tertiary/aromatic N) is 2. The fourth-order valence-corrected chi connectivity index (χ4v) is 4.42. The minimum Gasteiger partial charge on any atom is -0.234 e. The Balaban J connectivity index is 2.00. The Morgan fingerprint density at radius 1 is 0.586 bits per heavy atom. The van der Waals surface area contributed by atoms with Gasteiger partial charge < -0.3 is 0 Å². The van der Waals surface area contributed by atoms with E-state index in [1.54, 1.807) is 5.82 Å². The quantitative estimate of drug-likeness (QED) is 0.143. The number of rotatable bonds is 21. The molecule has 0 bridgehead atoms. The molecule has 0 aromatic carbocycles. The minimum absolute atomic E-state index is 1.17. The van der Waals surface area contributed by atoms with Gasteiger partial charge in [0.15, 0.2) is 0 Å². The highest BCUT2D eigenvalue weighted by Gasteiger charge is 2.15. The second-order valence-corrected chi connectivity index (χ2v) is 9.15. The maximum absolute atomic E-state index is 2.52. The molecule has 0 N–H and O–H groups in total. The van der Waals surface area contributed by atoms with Crippen molar-refractivity contribution in [1.29, 1.82) is 0 Å². The Hall–Kier alpha value is -0.790. The van der Waals surface area contributed by atoms with Crippen molar-refractivity contribution in [2.75, 3.05) is 0 Å². The van der Waals surface area contributed by atoms with Crippen LogP contribution in [0.2, 0.25) is 0 Å². The van der Waals surface area contributed by atoms with Crippen LogP contribution in [-0.2, 0) is 19.5 Å². The van der Waals surface area contributed by atoms with E-state index in [1.165, 1.54) is 135 Å². The van der Waals surface area contributed by atoms with E-state index in [0.29, 0.717) is 0 Å². The first-order valence-electron chi connectivity index (χ1n) is 13.4. The number of hydrogen-bond donors (Lipinski definition) is 0. The molecule has 0 spiro atoms. The monoisotopic (exact) mass is 405 g/mol. The van der Waals surface area contributed by atoms with Crippen LogP contribution in [0.4, 0.5) is 0 Å². The van der Waals surface area contributed by atoms with Crippen LogP contribution >= 0.6 is 0 Å². The SMILES string of the molecule is CCCCCCCCCCCCCCCCCc1n(CCCC)cc[n+]1CCC. The maximum Gasteiger partial charge on any atom is 0.256 e. The van der Waals surface area contributed by atoms with Crippen molar-refractivity contribution in [1.82, 2.24) is 4.57 Å². The third-order valence-electron chi connectivity index (χ3n) is 6.31. The number of unbranched alkanes of at least 4 members (excludes halogenated alkanes) is 15. The average Bonchev–Trinajstić information content (AvgIpc) is 3.11. The topological polar surface area (TPSA) is 8.81 Å². The molecule has 1 heterocycles. The van der Waals surface area contributed by atoms with E-state index in [2.05, 4.69) is 42.3 Å². The van der Waals surface area contributed by atoms with Crippen LogP contribution < -0.4 is 4.57 Å². The summed E-state index contributed by atoms with van der Waals surface area (Å²) in [4.78, 5) is 0. The van der Waals surface area contributed by atoms with Gasteiger partial charge in [0.25, 0.3) is 5.82 Å². The Kier molecular flexibility index (Phi) is 17.4. The molecule has 29 heavy (non-hydrogen) atoms. The smallest absolute Gasteiger partial charge is 0.234 e. The number of hydrogen-bond acceptors (Lipinski definition) is 0. The lowest BCUT2D eigenvalue weighted by Gasteiger charge is -2.05. The van der Waals surface area contributed by atoms with Crippen molar-refractivity contribution in [3.63, 3.8) is 0 Å². The lowest BCUT2D eigenvalue weighted by molar-refractivity contribution is -0.703. The summed E-state index contributed by atoms with van der Waals surface area (Å²) in [5.74, 6) is 1.56. The molecule has 170 valence electrons. The molecule has 0 fully saturated rings. The van der Waals surface area contributed by atoms with E-state index in [0.717, 1.165) is 0 Å². The van der Waals surface area contributed by atoms with Crippen molar-refractivity contribution in [2.24, 2.45) is 0 Å².